The van der Waals surface area contributed by atoms with Crippen LogP contribution in [0.3, 0.4) is 0 Å². The zero-order valence-electron chi connectivity index (χ0n) is 12.9. The number of rotatable bonds is 10. The van der Waals surface area contributed by atoms with Gasteiger partial charge in [0.05, 0.1) is 13.2 Å². The quantitative estimate of drug-likeness (QED) is 0.361. The Balaban J connectivity index is 1.50. The van der Waals surface area contributed by atoms with Crippen LogP contribution in [-0.4, -0.2) is 53.0 Å². The molecule has 0 aromatic rings. The van der Waals surface area contributed by atoms with Gasteiger partial charge in [0.15, 0.2) is 5.96 Å². The van der Waals surface area contributed by atoms with Crippen LogP contribution in [0.4, 0.5) is 0 Å². The third-order valence-corrected chi connectivity index (χ3v) is 4.36. The van der Waals surface area contributed by atoms with Crippen LogP contribution >= 0.6 is 0 Å². The smallest absolute Gasteiger partial charge is 0.190 e. The summed E-state index contributed by atoms with van der Waals surface area (Å²) in [6.45, 7) is 4.08. The van der Waals surface area contributed by atoms with E-state index in [4.69, 9.17) is 9.47 Å². The molecule has 0 unspecified atom stereocenters. The van der Waals surface area contributed by atoms with E-state index in [2.05, 4.69) is 15.6 Å². The number of guanidine groups is 1. The summed E-state index contributed by atoms with van der Waals surface area (Å²) in [5, 5.41) is 6.83. The Bertz CT molecular complexity index is 312. The first kappa shape index (κ1) is 15.6. The van der Waals surface area contributed by atoms with Crippen LogP contribution in [0.15, 0.2) is 4.99 Å². The summed E-state index contributed by atoms with van der Waals surface area (Å²) in [5.41, 5.74) is 0.612. The molecule has 0 radical (unpaired) electrons. The zero-order chi connectivity index (χ0) is 14.3. The molecule has 2 saturated carbocycles. The standard InChI is InChI=1S/C15H29N3O2/c1-16-14(17-8-3-9-20-11-10-19-2)18-12-15(6-7-15)13-4-5-13/h13H,3-12H2,1-2H3,(H2,16,17,18). The number of ether oxygens (including phenoxy) is 2. The fraction of sp³-hybridized carbons (Fsp3) is 0.933. The monoisotopic (exact) mass is 283 g/mol. The molecule has 0 aliphatic heterocycles. The second-order valence-corrected chi connectivity index (χ2v) is 5.95. The molecule has 5 heteroatoms. The average molecular weight is 283 g/mol. The van der Waals surface area contributed by atoms with E-state index in [1.165, 1.54) is 25.7 Å². The van der Waals surface area contributed by atoms with Gasteiger partial charge in [-0.1, -0.05) is 0 Å². The molecule has 0 saturated heterocycles. The van der Waals surface area contributed by atoms with Gasteiger partial charge in [0.1, 0.15) is 0 Å². The fourth-order valence-electron chi connectivity index (χ4n) is 2.69. The number of methoxy groups -OCH3 is 1. The Hall–Kier alpha value is -0.810. The lowest BCUT2D eigenvalue weighted by molar-refractivity contribution is 0.0698. The molecular formula is C15H29N3O2. The minimum atomic E-state index is 0.612. The minimum absolute atomic E-state index is 0.612. The zero-order valence-corrected chi connectivity index (χ0v) is 12.9. The van der Waals surface area contributed by atoms with Crippen LogP contribution in [0, 0.1) is 11.3 Å². The lowest BCUT2D eigenvalue weighted by atomic mass is 10.0. The highest BCUT2D eigenvalue weighted by molar-refractivity contribution is 5.79. The second kappa shape index (κ2) is 7.84. The third-order valence-electron chi connectivity index (χ3n) is 4.36. The predicted octanol–water partition coefficient (Wildman–Crippen LogP) is 1.39. The Morgan fingerprint density at radius 1 is 1.20 bits per heavy atom. The maximum absolute atomic E-state index is 5.43. The van der Waals surface area contributed by atoms with Gasteiger partial charge >= 0.3 is 0 Å². The van der Waals surface area contributed by atoms with Crippen molar-refractivity contribution in [3.8, 4) is 0 Å². The van der Waals surface area contributed by atoms with E-state index < -0.39 is 0 Å². The molecule has 5 nitrogen and oxygen atoms in total. The van der Waals surface area contributed by atoms with E-state index in [1.807, 2.05) is 7.05 Å². The molecule has 0 atom stereocenters. The summed E-state index contributed by atoms with van der Waals surface area (Å²) in [6, 6.07) is 0. The predicted molar refractivity (Wildman–Crippen MR) is 81.1 cm³/mol. The maximum Gasteiger partial charge on any atom is 0.190 e. The molecule has 2 N–H and O–H groups in total. The first-order chi connectivity index (χ1) is 9.80. The molecule has 0 aromatic heterocycles. The van der Waals surface area contributed by atoms with Crippen molar-refractivity contribution >= 4 is 5.96 Å². The SMILES string of the molecule is CN=C(NCCCOCCOC)NCC1(C2CC2)CC1. The van der Waals surface area contributed by atoms with Crippen LogP contribution in [0.5, 0.6) is 0 Å². The van der Waals surface area contributed by atoms with Gasteiger partial charge in [-0.05, 0) is 43.4 Å². The van der Waals surface area contributed by atoms with E-state index in [9.17, 15) is 0 Å². The number of hydrogen-bond acceptors (Lipinski definition) is 3. The van der Waals surface area contributed by atoms with E-state index in [1.54, 1.807) is 7.11 Å². The molecule has 0 aromatic carbocycles. The second-order valence-electron chi connectivity index (χ2n) is 5.95. The number of hydrogen-bond donors (Lipinski definition) is 2. The van der Waals surface area contributed by atoms with E-state index >= 15 is 0 Å². The number of nitrogens with one attached hydrogen (secondary N) is 2. The van der Waals surface area contributed by atoms with Crippen molar-refractivity contribution < 1.29 is 9.47 Å². The van der Waals surface area contributed by atoms with Gasteiger partial charge in [-0.25, -0.2) is 0 Å². The third kappa shape index (κ3) is 4.94. The molecule has 0 spiro atoms. The minimum Gasteiger partial charge on any atom is -0.382 e. The fourth-order valence-corrected chi connectivity index (χ4v) is 2.69. The van der Waals surface area contributed by atoms with Crippen molar-refractivity contribution in [1.29, 1.82) is 0 Å². The topological polar surface area (TPSA) is 54.9 Å². The molecule has 0 bridgehead atoms. The van der Waals surface area contributed by atoms with Gasteiger partial charge in [0.2, 0.25) is 0 Å². The summed E-state index contributed by atoms with van der Waals surface area (Å²) >= 11 is 0. The Kier molecular flexibility index (Phi) is 6.10. The summed E-state index contributed by atoms with van der Waals surface area (Å²) in [4.78, 5) is 4.28. The summed E-state index contributed by atoms with van der Waals surface area (Å²) in [5.74, 6) is 1.91. The highest BCUT2D eigenvalue weighted by Crippen LogP contribution is 2.60. The maximum atomic E-state index is 5.43. The highest BCUT2D eigenvalue weighted by Gasteiger charge is 2.53. The molecule has 2 fully saturated rings. The van der Waals surface area contributed by atoms with Crippen molar-refractivity contribution in [3.63, 3.8) is 0 Å². The molecule has 116 valence electrons. The van der Waals surface area contributed by atoms with Crippen LogP contribution in [-0.2, 0) is 9.47 Å². The van der Waals surface area contributed by atoms with Gasteiger partial charge in [0, 0.05) is 33.9 Å². The van der Waals surface area contributed by atoms with Gasteiger partial charge in [-0.3, -0.25) is 4.99 Å². The first-order valence-electron chi connectivity index (χ1n) is 7.82. The summed E-state index contributed by atoms with van der Waals surface area (Å²) in [7, 11) is 3.52. The van der Waals surface area contributed by atoms with Crippen molar-refractivity contribution in [2.45, 2.75) is 32.1 Å². The molecule has 0 heterocycles. The Labute approximate surface area is 122 Å². The van der Waals surface area contributed by atoms with Crippen LogP contribution in [0.1, 0.15) is 32.1 Å². The lowest BCUT2D eigenvalue weighted by Gasteiger charge is -2.18. The average Bonchev–Trinajstić information content (AvgIpc) is 3.33. The van der Waals surface area contributed by atoms with Crippen LogP contribution in [0.25, 0.3) is 0 Å². The number of nitrogens with zero attached hydrogens (tertiary/aromatic N) is 1. The first-order valence-corrected chi connectivity index (χ1v) is 7.82. The summed E-state index contributed by atoms with van der Waals surface area (Å²) < 4.78 is 10.4. The largest absolute Gasteiger partial charge is 0.382 e. The van der Waals surface area contributed by atoms with Gasteiger partial charge in [0.25, 0.3) is 0 Å². The normalized spacial score (nSPS) is 20.8. The molecule has 2 rings (SSSR count). The van der Waals surface area contributed by atoms with Gasteiger partial charge in [-0.2, -0.15) is 0 Å². The van der Waals surface area contributed by atoms with E-state index in [0.29, 0.717) is 18.6 Å². The molecule has 0 amide bonds. The van der Waals surface area contributed by atoms with Gasteiger partial charge in [-0.15, -0.1) is 0 Å². The summed E-state index contributed by atoms with van der Waals surface area (Å²) in [6.07, 6.45) is 6.65. The molecular weight excluding hydrogens is 254 g/mol. The van der Waals surface area contributed by atoms with Crippen LogP contribution < -0.4 is 10.6 Å². The highest BCUT2D eigenvalue weighted by atomic mass is 16.5. The molecule has 2 aliphatic rings. The van der Waals surface area contributed by atoms with Crippen LogP contribution in [0.2, 0.25) is 0 Å². The Morgan fingerprint density at radius 2 is 2.00 bits per heavy atom. The van der Waals surface area contributed by atoms with Gasteiger partial charge < -0.3 is 20.1 Å². The van der Waals surface area contributed by atoms with Crippen molar-refractivity contribution in [2.24, 2.45) is 16.3 Å². The van der Waals surface area contributed by atoms with E-state index in [-0.39, 0.29) is 0 Å². The van der Waals surface area contributed by atoms with Crippen molar-refractivity contribution in [3.05, 3.63) is 0 Å². The Morgan fingerprint density at radius 3 is 2.60 bits per heavy atom. The van der Waals surface area contributed by atoms with Crippen molar-refractivity contribution in [2.75, 3.05) is 47.1 Å². The molecule has 2 aliphatic carbocycles. The lowest BCUT2D eigenvalue weighted by Crippen LogP contribution is -2.41. The number of aliphatic imine (C=N–C) groups is 1. The van der Waals surface area contributed by atoms with Crippen molar-refractivity contribution in [1.82, 2.24) is 10.6 Å². The van der Waals surface area contributed by atoms with E-state index in [0.717, 1.165) is 38.0 Å². The molecule has 20 heavy (non-hydrogen) atoms.